The fourth-order valence-corrected chi connectivity index (χ4v) is 2.09. The van der Waals surface area contributed by atoms with Gasteiger partial charge in [0.2, 0.25) is 0 Å². The minimum atomic E-state index is 0.238. The third-order valence-electron chi connectivity index (χ3n) is 2.75. The highest BCUT2D eigenvalue weighted by Gasteiger charge is 2.08. The first-order valence-electron chi connectivity index (χ1n) is 5.60. The Morgan fingerprint density at radius 2 is 2.06 bits per heavy atom. The molecule has 0 bridgehead atoms. The normalized spacial score (nSPS) is 12.2. The van der Waals surface area contributed by atoms with Crippen LogP contribution < -0.4 is 5.32 Å². The van der Waals surface area contributed by atoms with Crippen LogP contribution in [-0.4, -0.2) is 4.98 Å². The van der Waals surface area contributed by atoms with Crippen LogP contribution in [0.3, 0.4) is 0 Å². The summed E-state index contributed by atoms with van der Waals surface area (Å²) in [4.78, 5) is 4.14. The molecule has 1 N–H and O–H groups in total. The van der Waals surface area contributed by atoms with Crippen LogP contribution in [0.2, 0.25) is 0 Å². The van der Waals surface area contributed by atoms with Crippen molar-refractivity contribution in [2.45, 2.75) is 19.9 Å². The van der Waals surface area contributed by atoms with E-state index in [0.29, 0.717) is 0 Å². The van der Waals surface area contributed by atoms with Crippen LogP contribution in [-0.2, 0) is 0 Å². The Morgan fingerprint density at radius 3 is 2.76 bits per heavy atom. The lowest BCUT2D eigenvalue weighted by molar-refractivity contribution is 0.874. The Bertz CT molecular complexity index is 497. The molecule has 0 radical (unpaired) electrons. The molecule has 1 heterocycles. The Balaban J connectivity index is 2.19. The van der Waals surface area contributed by atoms with Crippen molar-refractivity contribution in [3.05, 3.63) is 58.3 Å². The molecular weight excluding hydrogens is 276 g/mol. The van der Waals surface area contributed by atoms with Crippen LogP contribution in [0.5, 0.6) is 0 Å². The van der Waals surface area contributed by atoms with Crippen molar-refractivity contribution in [1.29, 1.82) is 0 Å². The smallest absolute Gasteiger partial charge is 0.0501 e. The maximum atomic E-state index is 4.14. The van der Waals surface area contributed by atoms with E-state index in [1.165, 1.54) is 11.1 Å². The molecule has 0 fully saturated rings. The van der Waals surface area contributed by atoms with Gasteiger partial charge in [-0.25, -0.2) is 0 Å². The highest BCUT2D eigenvalue weighted by molar-refractivity contribution is 9.10. The van der Waals surface area contributed by atoms with E-state index >= 15 is 0 Å². The van der Waals surface area contributed by atoms with E-state index in [1.807, 2.05) is 12.3 Å². The molecule has 0 aliphatic heterocycles. The summed E-state index contributed by atoms with van der Waals surface area (Å²) in [5, 5.41) is 3.48. The molecule has 1 atom stereocenters. The first-order chi connectivity index (χ1) is 8.18. The minimum Gasteiger partial charge on any atom is -0.378 e. The van der Waals surface area contributed by atoms with Gasteiger partial charge in [0.1, 0.15) is 0 Å². The maximum Gasteiger partial charge on any atom is 0.0501 e. The summed E-state index contributed by atoms with van der Waals surface area (Å²) in [5.41, 5.74) is 3.52. The third-order valence-corrected chi connectivity index (χ3v) is 3.80. The van der Waals surface area contributed by atoms with Crippen LogP contribution in [0.1, 0.15) is 24.1 Å². The SMILES string of the molecule is Cc1cccc(NC(C)c2cccnc2)c1Br. The monoisotopic (exact) mass is 290 g/mol. The lowest BCUT2D eigenvalue weighted by Crippen LogP contribution is -2.07. The van der Waals surface area contributed by atoms with E-state index in [4.69, 9.17) is 0 Å². The van der Waals surface area contributed by atoms with Gasteiger partial charge in [0.25, 0.3) is 0 Å². The molecule has 17 heavy (non-hydrogen) atoms. The number of rotatable bonds is 3. The van der Waals surface area contributed by atoms with Gasteiger partial charge in [-0.3, -0.25) is 4.98 Å². The lowest BCUT2D eigenvalue weighted by Gasteiger charge is -2.17. The Morgan fingerprint density at radius 1 is 1.24 bits per heavy atom. The van der Waals surface area contributed by atoms with Crippen LogP contribution in [0.25, 0.3) is 0 Å². The molecule has 2 aromatic rings. The van der Waals surface area contributed by atoms with E-state index < -0.39 is 0 Å². The van der Waals surface area contributed by atoms with E-state index in [2.05, 4.69) is 64.3 Å². The molecule has 1 unspecified atom stereocenters. The number of nitrogens with zero attached hydrogens (tertiary/aromatic N) is 1. The quantitative estimate of drug-likeness (QED) is 0.910. The first-order valence-corrected chi connectivity index (χ1v) is 6.39. The number of hydrogen-bond acceptors (Lipinski definition) is 2. The van der Waals surface area contributed by atoms with Crippen molar-refractivity contribution >= 4 is 21.6 Å². The van der Waals surface area contributed by atoms with Crippen LogP contribution in [0, 0.1) is 6.92 Å². The zero-order chi connectivity index (χ0) is 12.3. The lowest BCUT2D eigenvalue weighted by atomic mass is 10.1. The zero-order valence-corrected chi connectivity index (χ0v) is 11.5. The largest absolute Gasteiger partial charge is 0.378 e. The van der Waals surface area contributed by atoms with Crippen molar-refractivity contribution in [2.75, 3.05) is 5.32 Å². The number of aryl methyl sites for hydroxylation is 1. The maximum absolute atomic E-state index is 4.14. The van der Waals surface area contributed by atoms with E-state index in [0.717, 1.165) is 10.2 Å². The standard InChI is InChI=1S/C14H15BrN2/c1-10-5-3-7-13(14(10)15)17-11(2)12-6-4-8-16-9-12/h3-9,11,17H,1-2H3. The highest BCUT2D eigenvalue weighted by Crippen LogP contribution is 2.28. The van der Waals surface area contributed by atoms with Gasteiger partial charge < -0.3 is 5.32 Å². The van der Waals surface area contributed by atoms with E-state index in [9.17, 15) is 0 Å². The number of benzene rings is 1. The summed E-state index contributed by atoms with van der Waals surface area (Å²) in [6, 6.07) is 10.5. The van der Waals surface area contributed by atoms with Gasteiger partial charge >= 0.3 is 0 Å². The molecule has 0 spiro atoms. The summed E-state index contributed by atoms with van der Waals surface area (Å²) in [6.45, 7) is 4.22. The van der Waals surface area contributed by atoms with Gasteiger partial charge in [-0.05, 0) is 53.0 Å². The molecule has 0 saturated carbocycles. The summed E-state index contributed by atoms with van der Waals surface area (Å²) in [5.74, 6) is 0. The number of pyridine rings is 1. The molecule has 2 nitrogen and oxygen atoms in total. The molecular formula is C14H15BrN2. The van der Waals surface area contributed by atoms with Crippen LogP contribution in [0.15, 0.2) is 47.2 Å². The van der Waals surface area contributed by atoms with Crippen LogP contribution >= 0.6 is 15.9 Å². The summed E-state index contributed by atoms with van der Waals surface area (Å²) < 4.78 is 1.12. The van der Waals surface area contributed by atoms with Gasteiger partial charge in [-0.1, -0.05) is 18.2 Å². The molecule has 2 rings (SSSR count). The second-order valence-electron chi connectivity index (χ2n) is 4.09. The van der Waals surface area contributed by atoms with Gasteiger partial charge in [0.05, 0.1) is 6.04 Å². The second kappa shape index (κ2) is 5.32. The molecule has 88 valence electrons. The van der Waals surface area contributed by atoms with Crippen molar-refractivity contribution in [2.24, 2.45) is 0 Å². The number of halogens is 1. The number of nitrogens with one attached hydrogen (secondary N) is 1. The van der Waals surface area contributed by atoms with Gasteiger partial charge in [-0.2, -0.15) is 0 Å². The summed E-state index contributed by atoms with van der Waals surface area (Å²) in [7, 11) is 0. The first kappa shape index (κ1) is 12.1. The summed E-state index contributed by atoms with van der Waals surface area (Å²) >= 11 is 3.60. The van der Waals surface area contributed by atoms with Gasteiger partial charge in [-0.15, -0.1) is 0 Å². The predicted molar refractivity (Wildman–Crippen MR) is 75.2 cm³/mol. The second-order valence-corrected chi connectivity index (χ2v) is 4.88. The fourth-order valence-electron chi connectivity index (χ4n) is 1.71. The number of anilines is 1. The van der Waals surface area contributed by atoms with Crippen molar-refractivity contribution in [3.63, 3.8) is 0 Å². The molecule has 0 aliphatic carbocycles. The highest BCUT2D eigenvalue weighted by atomic mass is 79.9. The average molecular weight is 291 g/mol. The fraction of sp³-hybridized carbons (Fsp3) is 0.214. The van der Waals surface area contributed by atoms with Gasteiger partial charge in [0, 0.05) is 22.6 Å². The van der Waals surface area contributed by atoms with Gasteiger partial charge in [0.15, 0.2) is 0 Å². The Labute approximate surface area is 110 Å². The van der Waals surface area contributed by atoms with Crippen LogP contribution in [0.4, 0.5) is 5.69 Å². The van der Waals surface area contributed by atoms with Crippen molar-refractivity contribution in [3.8, 4) is 0 Å². The average Bonchev–Trinajstić information content (AvgIpc) is 2.36. The molecule has 3 heteroatoms. The van der Waals surface area contributed by atoms with Crippen molar-refractivity contribution in [1.82, 2.24) is 4.98 Å². The Kier molecular flexibility index (Phi) is 3.79. The van der Waals surface area contributed by atoms with E-state index in [-0.39, 0.29) is 6.04 Å². The molecule has 0 saturated heterocycles. The zero-order valence-electron chi connectivity index (χ0n) is 9.94. The molecule has 1 aromatic heterocycles. The number of aromatic nitrogens is 1. The van der Waals surface area contributed by atoms with E-state index in [1.54, 1.807) is 6.20 Å². The Hall–Kier alpha value is -1.35. The predicted octanol–water partition coefficient (Wildman–Crippen LogP) is 4.33. The minimum absolute atomic E-state index is 0.238. The topological polar surface area (TPSA) is 24.9 Å². The van der Waals surface area contributed by atoms with Crippen molar-refractivity contribution < 1.29 is 0 Å². The molecule has 1 aromatic carbocycles. The molecule has 0 aliphatic rings. The third kappa shape index (κ3) is 2.86. The molecule has 0 amide bonds. The number of hydrogen-bond donors (Lipinski definition) is 1. The summed E-state index contributed by atoms with van der Waals surface area (Å²) in [6.07, 6.45) is 3.68.